The molecule has 62 heavy (non-hydrogen) atoms. The highest BCUT2D eigenvalue weighted by Crippen LogP contribution is 2.12. The van der Waals surface area contributed by atoms with Crippen LogP contribution in [0.3, 0.4) is 0 Å². The van der Waals surface area contributed by atoms with Crippen molar-refractivity contribution in [1.29, 1.82) is 0 Å². The fraction of sp³-hybridized carbons (Fsp3) is 0.611. The van der Waals surface area contributed by atoms with E-state index in [4.69, 9.17) is 14.2 Å². The SMILES string of the molecule is CC/C=C/C/C=C/C/C=C/C/C=C/C/C=C/C/C=C/C/C=C/CCCC(=O)OC(COCCC(C(=O)[O-])[N+](C)(C)C)COC(=O)CCCCCCCC/C=C/C=C/CCCCC. The number of esters is 2. The molecule has 0 aromatic rings. The lowest BCUT2D eigenvalue weighted by Crippen LogP contribution is -2.55. The molecule has 0 saturated carbocycles. The zero-order chi connectivity index (χ0) is 45.6. The first kappa shape index (κ1) is 58.0. The molecule has 0 aliphatic rings. The third-order valence-corrected chi connectivity index (χ3v) is 9.92. The average molecular weight is 862 g/mol. The summed E-state index contributed by atoms with van der Waals surface area (Å²) in [6.07, 6.45) is 59.8. The number of ether oxygens (including phenoxy) is 3. The van der Waals surface area contributed by atoms with Gasteiger partial charge in [0.05, 0.1) is 40.3 Å². The number of carbonyl (C=O) groups is 3. The molecule has 2 atom stereocenters. The molecule has 0 radical (unpaired) electrons. The van der Waals surface area contributed by atoms with Crippen molar-refractivity contribution in [2.45, 2.75) is 174 Å². The molecule has 0 aliphatic heterocycles. The van der Waals surface area contributed by atoms with Crippen molar-refractivity contribution in [3.8, 4) is 0 Å². The summed E-state index contributed by atoms with van der Waals surface area (Å²) in [5.74, 6) is -1.84. The van der Waals surface area contributed by atoms with E-state index < -0.39 is 18.1 Å². The van der Waals surface area contributed by atoms with Crippen LogP contribution in [-0.2, 0) is 28.6 Å². The van der Waals surface area contributed by atoms with Gasteiger partial charge in [0, 0.05) is 19.3 Å². The van der Waals surface area contributed by atoms with Gasteiger partial charge < -0.3 is 28.6 Å². The number of rotatable bonds is 41. The Labute approximate surface area is 378 Å². The minimum absolute atomic E-state index is 0.00618. The number of nitrogens with zero attached hydrogens (tertiary/aromatic N) is 1. The van der Waals surface area contributed by atoms with Gasteiger partial charge in [-0.2, -0.15) is 0 Å². The van der Waals surface area contributed by atoms with Crippen molar-refractivity contribution < 1.29 is 38.2 Å². The average Bonchev–Trinajstić information content (AvgIpc) is 3.23. The summed E-state index contributed by atoms with van der Waals surface area (Å²) < 4.78 is 17.1. The normalized spacial score (nSPS) is 13.9. The molecule has 0 aromatic carbocycles. The van der Waals surface area contributed by atoms with E-state index in [9.17, 15) is 19.5 Å². The monoisotopic (exact) mass is 862 g/mol. The summed E-state index contributed by atoms with van der Waals surface area (Å²) in [5.41, 5.74) is 0. The van der Waals surface area contributed by atoms with E-state index >= 15 is 0 Å². The maximum atomic E-state index is 12.7. The molecule has 0 spiro atoms. The van der Waals surface area contributed by atoms with Gasteiger partial charge in [-0.3, -0.25) is 9.59 Å². The van der Waals surface area contributed by atoms with E-state index in [1.807, 2.05) is 0 Å². The Kier molecular flexibility index (Phi) is 40.8. The minimum atomic E-state index is -1.14. The van der Waals surface area contributed by atoms with Crippen molar-refractivity contribution in [2.24, 2.45) is 0 Å². The molecular formula is C54H87NO7. The van der Waals surface area contributed by atoms with Gasteiger partial charge in [-0.1, -0.05) is 162 Å². The number of allylic oxidation sites excluding steroid dienone is 18. The van der Waals surface area contributed by atoms with E-state index in [1.165, 1.54) is 32.1 Å². The van der Waals surface area contributed by atoms with Crippen LogP contribution < -0.4 is 5.11 Å². The van der Waals surface area contributed by atoms with Crippen LogP contribution in [0.15, 0.2) is 109 Å². The van der Waals surface area contributed by atoms with Crippen LogP contribution in [0.1, 0.15) is 162 Å². The predicted molar refractivity (Wildman–Crippen MR) is 258 cm³/mol. The van der Waals surface area contributed by atoms with E-state index in [0.29, 0.717) is 12.8 Å². The quantitative estimate of drug-likeness (QED) is 0.0198. The van der Waals surface area contributed by atoms with Gasteiger partial charge in [0.15, 0.2) is 6.10 Å². The third kappa shape index (κ3) is 41.3. The second kappa shape index (κ2) is 43.6. The second-order valence-electron chi connectivity index (χ2n) is 16.6. The Morgan fingerprint density at radius 2 is 0.968 bits per heavy atom. The topological polar surface area (TPSA) is 102 Å². The summed E-state index contributed by atoms with van der Waals surface area (Å²) in [7, 11) is 5.37. The molecule has 0 bridgehead atoms. The van der Waals surface area contributed by atoms with E-state index in [1.54, 1.807) is 21.1 Å². The predicted octanol–water partition coefficient (Wildman–Crippen LogP) is 12.3. The molecule has 0 rings (SSSR count). The minimum Gasteiger partial charge on any atom is -0.544 e. The number of carboxylic acids is 1. The molecule has 8 nitrogen and oxygen atoms in total. The maximum absolute atomic E-state index is 12.7. The summed E-state index contributed by atoms with van der Waals surface area (Å²) >= 11 is 0. The summed E-state index contributed by atoms with van der Waals surface area (Å²) in [4.78, 5) is 36.9. The third-order valence-electron chi connectivity index (χ3n) is 9.92. The first-order chi connectivity index (χ1) is 30.1. The molecule has 0 amide bonds. The van der Waals surface area contributed by atoms with Crippen molar-refractivity contribution in [3.63, 3.8) is 0 Å². The number of unbranched alkanes of at least 4 members (excludes halogenated alkanes) is 10. The van der Waals surface area contributed by atoms with Crippen molar-refractivity contribution in [3.05, 3.63) is 109 Å². The van der Waals surface area contributed by atoms with Crippen LogP contribution >= 0.6 is 0 Å². The van der Waals surface area contributed by atoms with Gasteiger partial charge >= 0.3 is 11.9 Å². The summed E-state index contributed by atoms with van der Waals surface area (Å²) in [6, 6.07) is -0.745. The van der Waals surface area contributed by atoms with E-state index in [0.717, 1.165) is 89.9 Å². The molecule has 8 heteroatoms. The summed E-state index contributed by atoms with van der Waals surface area (Å²) in [5, 5.41) is 11.6. The first-order valence-electron chi connectivity index (χ1n) is 23.9. The Morgan fingerprint density at radius 3 is 1.47 bits per heavy atom. The standard InChI is InChI=1S/C54H87NO7/c1-6-8-10-12-14-16-18-20-22-23-24-25-26-27-28-29-31-33-35-37-39-41-43-45-53(57)62-50(48-60-47-46-51(54(58)59)55(3,4)5)49-61-52(56)44-42-40-38-36-34-32-30-21-19-17-15-13-11-9-7-2/h8,10,14-17,19-22,24-25,27-28,31,33,37,39,50-51H,6-7,9,11-13,18,23,26,29-30,32,34-36,38,40-49H2,1-5H3/b10-8+,16-14+,17-15+,21-19+,22-20+,25-24+,28-27+,33-31+,39-37+. The number of likely N-dealkylation sites (N-methyl/N-ethyl adjacent to an activating group) is 1. The molecule has 2 unspecified atom stereocenters. The van der Waals surface area contributed by atoms with Crippen molar-refractivity contribution in [2.75, 3.05) is 41.0 Å². The van der Waals surface area contributed by atoms with Crippen LogP contribution in [0.2, 0.25) is 0 Å². The van der Waals surface area contributed by atoms with Crippen LogP contribution in [0, 0.1) is 0 Å². The van der Waals surface area contributed by atoms with Crippen molar-refractivity contribution >= 4 is 17.9 Å². The van der Waals surface area contributed by atoms with Gasteiger partial charge in [0.2, 0.25) is 0 Å². The molecule has 0 heterocycles. The Balaban J connectivity index is 4.45. The van der Waals surface area contributed by atoms with Crippen LogP contribution in [-0.4, -0.2) is 75.5 Å². The van der Waals surface area contributed by atoms with Crippen molar-refractivity contribution in [1.82, 2.24) is 0 Å². The molecule has 350 valence electrons. The molecule has 0 aromatic heterocycles. The van der Waals surface area contributed by atoms with Crippen LogP contribution in [0.5, 0.6) is 0 Å². The number of hydrogen-bond acceptors (Lipinski definition) is 7. The maximum Gasteiger partial charge on any atom is 0.306 e. The summed E-state index contributed by atoms with van der Waals surface area (Å²) in [6.45, 7) is 4.42. The van der Waals surface area contributed by atoms with Gasteiger partial charge in [0.1, 0.15) is 12.6 Å². The zero-order valence-electron chi connectivity index (χ0n) is 39.7. The smallest absolute Gasteiger partial charge is 0.306 e. The molecule has 0 aliphatic carbocycles. The highest BCUT2D eigenvalue weighted by Gasteiger charge is 2.25. The largest absolute Gasteiger partial charge is 0.544 e. The van der Waals surface area contributed by atoms with E-state index in [-0.39, 0.29) is 49.1 Å². The fourth-order valence-corrected chi connectivity index (χ4v) is 6.23. The lowest BCUT2D eigenvalue weighted by Gasteiger charge is -2.34. The van der Waals surface area contributed by atoms with Crippen LogP contribution in [0.4, 0.5) is 0 Å². The number of aliphatic carboxylic acids is 1. The Hall–Kier alpha value is -4.01. The second-order valence-corrected chi connectivity index (χ2v) is 16.6. The molecule has 0 saturated heterocycles. The van der Waals surface area contributed by atoms with Gasteiger partial charge in [-0.25, -0.2) is 0 Å². The fourth-order valence-electron chi connectivity index (χ4n) is 6.23. The first-order valence-corrected chi connectivity index (χ1v) is 23.9. The lowest BCUT2D eigenvalue weighted by atomic mass is 10.1. The van der Waals surface area contributed by atoms with Gasteiger partial charge in [0.25, 0.3) is 0 Å². The highest BCUT2D eigenvalue weighted by molar-refractivity contribution is 5.70. The van der Waals surface area contributed by atoms with Gasteiger partial charge in [-0.15, -0.1) is 0 Å². The number of hydrogen-bond donors (Lipinski definition) is 0. The molecule has 0 fully saturated rings. The van der Waals surface area contributed by atoms with Gasteiger partial charge in [-0.05, 0) is 89.9 Å². The Morgan fingerprint density at radius 1 is 0.516 bits per heavy atom. The molecule has 0 N–H and O–H groups in total. The zero-order valence-corrected chi connectivity index (χ0v) is 39.7. The van der Waals surface area contributed by atoms with Crippen LogP contribution in [0.25, 0.3) is 0 Å². The lowest BCUT2D eigenvalue weighted by molar-refractivity contribution is -0.889. The Bertz CT molecular complexity index is 1370. The number of carboxylic acid groups (broad SMARTS) is 1. The number of carbonyl (C=O) groups excluding carboxylic acids is 3. The number of quaternary nitrogens is 1. The van der Waals surface area contributed by atoms with E-state index in [2.05, 4.69) is 123 Å². The molecular weight excluding hydrogens is 775 g/mol. The highest BCUT2D eigenvalue weighted by atomic mass is 16.6.